The van der Waals surface area contributed by atoms with E-state index in [2.05, 4.69) is 34.2 Å². The van der Waals surface area contributed by atoms with E-state index in [0.717, 1.165) is 50.5 Å². The van der Waals surface area contributed by atoms with Crippen LogP contribution in [0.1, 0.15) is 32.3 Å². The summed E-state index contributed by atoms with van der Waals surface area (Å²) in [6.45, 7) is 11.4. The van der Waals surface area contributed by atoms with Crippen molar-refractivity contribution in [2.75, 3.05) is 38.5 Å². The van der Waals surface area contributed by atoms with E-state index in [9.17, 15) is 4.79 Å². The summed E-state index contributed by atoms with van der Waals surface area (Å²) in [6, 6.07) is 0.455. The minimum Gasteiger partial charge on any atom is -0.311 e. The second kappa shape index (κ2) is 7.74. The maximum atomic E-state index is 12.2. The van der Waals surface area contributed by atoms with E-state index in [0.29, 0.717) is 12.5 Å². The molecule has 2 heterocycles. The van der Waals surface area contributed by atoms with E-state index in [4.69, 9.17) is 0 Å². The fourth-order valence-electron chi connectivity index (χ4n) is 2.86. The number of carbonyl (C=O) groups is 1. The SMILES string of the molecule is CCn1ncc(C)c1NC(=O)CCC(C)N1CCN(C)CC1. The van der Waals surface area contributed by atoms with Crippen molar-refractivity contribution in [2.24, 2.45) is 0 Å². The Labute approximate surface area is 133 Å². The molecule has 1 unspecified atom stereocenters. The second-order valence-corrected chi connectivity index (χ2v) is 6.27. The maximum absolute atomic E-state index is 12.2. The van der Waals surface area contributed by atoms with Crippen LogP contribution in [0.2, 0.25) is 0 Å². The molecule has 1 N–H and O–H groups in total. The molecule has 6 nitrogen and oxygen atoms in total. The predicted molar refractivity (Wildman–Crippen MR) is 89.0 cm³/mol. The van der Waals surface area contributed by atoms with Gasteiger partial charge in [-0.3, -0.25) is 9.69 Å². The van der Waals surface area contributed by atoms with Crippen LogP contribution in [0.4, 0.5) is 5.82 Å². The zero-order chi connectivity index (χ0) is 16.1. The minimum absolute atomic E-state index is 0.0827. The molecule has 1 saturated heterocycles. The highest BCUT2D eigenvalue weighted by molar-refractivity contribution is 5.90. The standard InChI is InChI=1S/C16H29N5O/c1-5-21-16(13(2)12-17-21)18-15(22)7-6-14(3)20-10-8-19(4)9-11-20/h12,14H,5-11H2,1-4H3,(H,18,22). The molecular weight excluding hydrogens is 278 g/mol. The average Bonchev–Trinajstić information content (AvgIpc) is 2.86. The van der Waals surface area contributed by atoms with Gasteiger partial charge < -0.3 is 10.2 Å². The molecule has 2 rings (SSSR count). The van der Waals surface area contributed by atoms with Crippen LogP contribution in [0.3, 0.4) is 0 Å². The van der Waals surface area contributed by atoms with Gasteiger partial charge in [-0.2, -0.15) is 5.10 Å². The van der Waals surface area contributed by atoms with Gasteiger partial charge in [0, 0.05) is 50.7 Å². The Kier molecular flexibility index (Phi) is 5.97. The lowest BCUT2D eigenvalue weighted by molar-refractivity contribution is -0.116. The van der Waals surface area contributed by atoms with Crippen LogP contribution in [0.25, 0.3) is 0 Å². The summed E-state index contributed by atoms with van der Waals surface area (Å²) in [7, 11) is 2.16. The predicted octanol–water partition coefficient (Wildman–Crippen LogP) is 1.57. The molecule has 1 aromatic rings. The van der Waals surface area contributed by atoms with E-state index in [1.807, 2.05) is 18.5 Å². The van der Waals surface area contributed by atoms with Crippen molar-refractivity contribution in [3.63, 3.8) is 0 Å². The van der Waals surface area contributed by atoms with Crippen LogP contribution < -0.4 is 5.32 Å². The normalized spacial score (nSPS) is 18.4. The molecule has 1 aromatic heterocycles. The van der Waals surface area contributed by atoms with Gasteiger partial charge in [-0.1, -0.05) is 0 Å². The topological polar surface area (TPSA) is 53.4 Å². The highest BCUT2D eigenvalue weighted by Gasteiger charge is 2.20. The number of piperazine rings is 1. The van der Waals surface area contributed by atoms with E-state index in [1.165, 1.54) is 0 Å². The van der Waals surface area contributed by atoms with E-state index < -0.39 is 0 Å². The number of nitrogens with one attached hydrogen (secondary N) is 1. The molecule has 6 heteroatoms. The summed E-state index contributed by atoms with van der Waals surface area (Å²) in [5.41, 5.74) is 1.02. The van der Waals surface area contributed by atoms with Gasteiger partial charge in [-0.25, -0.2) is 4.68 Å². The van der Waals surface area contributed by atoms with Crippen LogP contribution in [0, 0.1) is 6.92 Å². The number of amides is 1. The Hall–Kier alpha value is -1.40. The molecule has 0 spiro atoms. The number of hydrogen-bond acceptors (Lipinski definition) is 4. The van der Waals surface area contributed by atoms with Gasteiger partial charge in [0.25, 0.3) is 0 Å². The molecule has 1 fully saturated rings. The van der Waals surface area contributed by atoms with Crippen LogP contribution in [0.15, 0.2) is 6.20 Å². The van der Waals surface area contributed by atoms with Crippen molar-refractivity contribution in [1.29, 1.82) is 0 Å². The molecule has 1 amide bonds. The van der Waals surface area contributed by atoms with Gasteiger partial charge in [-0.05, 0) is 34.2 Å². The number of hydrogen-bond donors (Lipinski definition) is 1. The summed E-state index contributed by atoms with van der Waals surface area (Å²) in [6.07, 6.45) is 3.25. The van der Waals surface area contributed by atoms with Crippen LogP contribution in [-0.2, 0) is 11.3 Å². The Morgan fingerprint density at radius 2 is 2.05 bits per heavy atom. The lowest BCUT2D eigenvalue weighted by atomic mass is 10.1. The van der Waals surface area contributed by atoms with E-state index >= 15 is 0 Å². The minimum atomic E-state index is 0.0827. The summed E-state index contributed by atoms with van der Waals surface area (Å²) in [4.78, 5) is 17.0. The third-order valence-corrected chi connectivity index (χ3v) is 4.53. The number of nitrogens with zero attached hydrogens (tertiary/aromatic N) is 4. The van der Waals surface area contributed by atoms with Gasteiger partial charge >= 0.3 is 0 Å². The summed E-state index contributed by atoms with van der Waals surface area (Å²) >= 11 is 0. The number of aryl methyl sites for hydroxylation is 2. The van der Waals surface area contributed by atoms with Crippen LogP contribution in [-0.4, -0.2) is 64.8 Å². The Morgan fingerprint density at radius 3 is 2.68 bits per heavy atom. The van der Waals surface area contributed by atoms with Crippen LogP contribution in [0.5, 0.6) is 0 Å². The molecule has 124 valence electrons. The summed E-state index contributed by atoms with van der Waals surface area (Å²) < 4.78 is 1.83. The number of aromatic nitrogens is 2. The first-order valence-corrected chi connectivity index (χ1v) is 8.26. The molecule has 0 aliphatic carbocycles. The summed E-state index contributed by atoms with van der Waals surface area (Å²) in [5.74, 6) is 0.916. The van der Waals surface area contributed by atoms with Gasteiger partial charge in [0.1, 0.15) is 5.82 Å². The number of rotatable bonds is 6. The maximum Gasteiger partial charge on any atom is 0.225 e. The molecule has 22 heavy (non-hydrogen) atoms. The van der Waals surface area contributed by atoms with E-state index in [-0.39, 0.29) is 5.91 Å². The largest absolute Gasteiger partial charge is 0.311 e. The zero-order valence-corrected chi connectivity index (χ0v) is 14.3. The average molecular weight is 307 g/mol. The number of likely N-dealkylation sites (N-methyl/N-ethyl adjacent to an activating group) is 1. The molecule has 0 saturated carbocycles. The summed E-state index contributed by atoms with van der Waals surface area (Å²) in [5, 5.41) is 7.26. The Balaban J connectivity index is 1.79. The van der Waals surface area contributed by atoms with Crippen molar-refractivity contribution in [3.8, 4) is 0 Å². The molecule has 1 aliphatic heterocycles. The molecule has 0 radical (unpaired) electrons. The van der Waals surface area contributed by atoms with Crippen molar-refractivity contribution in [3.05, 3.63) is 11.8 Å². The monoisotopic (exact) mass is 307 g/mol. The zero-order valence-electron chi connectivity index (χ0n) is 14.3. The van der Waals surface area contributed by atoms with Crippen molar-refractivity contribution < 1.29 is 4.79 Å². The smallest absolute Gasteiger partial charge is 0.225 e. The lowest BCUT2D eigenvalue weighted by Crippen LogP contribution is -2.48. The Morgan fingerprint density at radius 1 is 1.36 bits per heavy atom. The quantitative estimate of drug-likeness (QED) is 0.867. The second-order valence-electron chi connectivity index (χ2n) is 6.27. The molecular formula is C16H29N5O. The van der Waals surface area contributed by atoms with Gasteiger partial charge in [-0.15, -0.1) is 0 Å². The van der Waals surface area contributed by atoms with Crippen molar-refractivity contribution in [1.82, 2.24) is 19.6 Å². The molecule has 0 bridgehead atoms. The number of anilines is 1. The fraction of sp³-hybridized carbons (Fsp3) is 0.750. The van der Waals surface area contributed by atoms with Gasteiger partial charge in [0.2, 0.25) is 5.91 Å². The first-order valence-electron chi connectivity index (χ1n) is 8.26. The third-order valence-electron chi connectivity index (χ3n) is 4.53. The van der Waals surface area contributed by atoms with Gasteiger partial charge in [0.05, 0.1) is 6.20 Å². The van der Waals surface area contributed by atoms with Gasteiger partial charge in [0.15, 0.2) is 0 Å². The fourth-order valence-corrected chi connectivity index (χ4v) is 2.86. The number of carbonyl (C=O) groups excluding carboxylic acids is 1. The molecule has 1 atom stereocenters. The first kappa shape index (κ1) is 17.0. The highest BCUT2D eigenvalue weighted by Crippen LogP contribution is 2.15. The van der Waals surface area contributed by atoms with E-state index in [1.54, 1.807) is 6.20 Å². The third kappa shape index (κ3) is 4.30. The van der Waals surface area contributed by atoms with Crippen molar-refractivity contribution >= 4 is 11.7 Å². The van der Waals surface area contributed by atoms with Crippen LogP contribution >= 0.6 is 0 Å². The lowest BCUT2D eigenvalue weighted by Gasteiger charge is -2.36. The Bertz CT molecular complexity index is 491. The first-order chi connectivity index (χ1) is 10.5. The highest BCUT2D eigenvalue weighted by atomic mass is 16.1. The molecule has 0 aromatic carbocycles. The van der Waals surface area contributed by atoms with Crippen molar-refractivity contribution in [2.45, 2.75) is 46.2 Å². The molecule has 1 aliphatic rings.